The van der Waals surface area contributed by atoms with Crippen LogP contribution in [0.2, 0.25) is 0 Å². The average molecular weight is 440 g/mol. The summed E-state index contributed by atoms with van der Waals surface area (Å²) in [4.78, 5) is 14.9. The SMILES string of the molecule is Cn1ncc(-c2ccc3nnc(NC(=O)C4CCC(F)(F)CC4)cc3c2)c1CN1CCC1. The Bertz CT molecular complexity index is 1150. The van der Waals surface area contributed by atoms with Gasteiger partial charge in [0.05, 0.1) is 17.4 Å². The molecule has 1 aromatic carbocycles. The second-order valence-corrected chi connectivity index (χ2v) is 8.88. The Balaban J connectivity index is 1.36. The number of hydrogen-bond donors (Lipinski definition) is 1. The maximum absolute atomic E-state index is 13.4. The van der Waals surface area contributed by atoms with Crippen molar-refractivity contribution in [2.24, 2.45) is 13.0 Å². The molecule has 0 bridgehead atoms. The number of halogens is 2. The number of hydrogen-bond acceptors (Lipinski definition) is 5. The maximum atomic E-state index is 13.4. The van der Waals surface area contributed by atoms with Gasteiger partial charge in [-0.2, -0.15) is 5.10 Å². The number of nitrogens with one attached hydrogen (secondary N) is 1. The number of amides is 1. The summed E-state index contributed by atoms with van der Waals surface area (Å²) in [6, 6.07) is 7.73. The lowest BCUT2D eigenvalue weighted by molar-refractivity contribution is -0.124. The number of fused-ring (bicyclic) bond motifs is 1. The predicted octanol–water partition coefficient (Wildman–Crippen LogP) is 4.00. The second kappa shape index (κ2) is 8.20. The fraction of sp³-hybridized carbons (Fsp3) is 0.478. The molecule has 2 aliphatic rings. The number of alkyl halides is 2. The fourth-order valence-corrected chi connectivity index (χ4v) is 4.45. The van der Waals surface area contributed by atoms with Crippen molar-refractivity contribution in [3.63, 3.8) is 0 Å². The van der Waals surface area contributed by atoms with Crippen LogP contribution >= 0.6 is 0 Å². The number of aryl methyl sites for hydroxylation is 1. The van der Waals surface area contributed by atoms with Gasteiger partial charge in [0.25, 0.3) is 0 Å². The molecule has 32 heavy (non-hydrogen) atoms. The van der Waals surface area contributed by atoms with Crippen LogP contribution in [0.25, 0.3) is 22.0 Å². The first-order valence-electron chi connectivity index (χ1n) is 11.1. The van der Waals surface area contributed by atoms with Crippen LogP contribution in [-0.4, -0.2) is 49.8 Å². The van der Waals surface area contributed by atoms with Gasteiger partial charge in [-0.3, -0.25) is 14.4 Å². The Labute approximate surface area is 184 Å². The van der Waals surface area contributed by atoms with E-state index in [1.807, 2.05) is 36.1 Å². The predicted molar refractivity (Wildman–Crippen MR) is 117 cm³/mol. The molecule has 2 aromatic heterocycles. The van der Waals surface area contributed by atoms with Gasteiger partial charge in [0.15, 0.2) is 5.82 Å². The fourth-order valence-electron chi connectivity index (χ4n) is 4.45. The third kappa shape index (κ3) is 4.21. The van der Waals surface area contributed by atoms with E-state index in [1.165, 1.54) is 6.42 Å². The van der Waals surface area contributed by atoms with Crippen LogP contribution in [0.4, 0.5) is 14.6 Å². The highest BCUT2D eigenvalue weighted by atomic mass is 19.3. The van der Waals surface area contributed by atoms with Crippen LogP contribution in [0.1, 0.15) is 37.8 Å². The molecule has 0 spiro atoms. The molecule has 0 radical (unpaired) electrons. The molecule has 1 aliphatic heterocycles. The maximum Gasteiger partial charge on any atom is 0.248 e. The van der Waals surface area contributed by atoms with Crippen LogP contribution in [0.3, 0.4) is 0 Å². The van der Waals surface area contributed by atoms with E-state index in [9.17, 15) is 13.6 Å². The van der Waals surface area contributed by atoms with E-state index in [1.54, 1.807) is 6.07 Å². The molecule has 9 heteroatoms. The molecular formula is C23H26F2N6O. The molecule has 1 saturated carbocycles. The third-order valence-electron chi connectivity index (χ3n) is 6.62. The minimum atomic E-state index is -2.66. The summed E-state index contributed by atoms with van der Waals surface area (Å²) >= 11 is 0. The first-order chi connectivity index (χ1) is 15.4. The van der Waals surface area contributed by atoms with Gasteiger partial charge in [0.2, 0.25) is 11.8 Å². The highest BCUT2D eigenvalue weighted by molar-refractivity contribution is 5.94. The van der Waals surface area contributed by atoms with Crippen molar-refractivity contribution >= 4 is 22.6 Å². The number of carbonyl (C=O) groups excluding carboxylic acids is 1. The lowest BCUT2D eigenvalue weighted by Crippen LogP contribution is -2.37. The van der Waals surface area contributed by atoms with Gasteiger partial charge in [0, 0.05) is 43.3 Å². The van der Waals surface area contributed by atoms with Gasteiger partial charge in [-0.25, -0.2) is 8.78 Å². The number of rotatable bonds is 5. The first kappa shape index (κ1) is 20.9. The van der Waals surface area contributed by atoms with Crippen molar-refractivity contribution in [3.8, 4) is 11.1 Å². The smallest absolute Gasteiger partial charge is 0.248 e. The van der Waals surface area contributed by atoms with Crippen LogP contribution in [0.5, 0.6) is 0 Å². The summed E-state index contributed by atoms with van der Waals surface area (Å²) < 4.78 is 28.7. The van der Waals surface area contributed by atoms with Gasteiger partial charge in [-0.05, 0) is 56.1 Å². The molecule has 5 rings (SSSR count). The normalized spacial score (nSPS) is 19.1. The van der Waals surface area contributed by atoms with Gasteiger partial charge in [-0.15, -0.1) is 10.2 Å². The van der Waals surface area contributed by atoms with Crippen molar-refractivity contribution in [3.05, 3.63) is 36.2 Å². The number of anilines is 1. The minimum Gasteiger partial charge on any atom is -0.309 e. The Morgan fingerprint density at radius 3 is 2.69 bits per heavy atom. The molecule has 1 aliphatic carbocycles. The average Bonchev–Trinajstić information content (AvgIpc) is 3.10. The number of likely N-dealkylation sites (tertiary alicyclic amines) is 1. The molecule has 1 N–H and O–H groups in total. The van der Waals surface area contributed by atoms with Crippen LogP contribution in [0.15, 0.2) is 30.5 Å². The molecule has 3 heterocycles. The molecular weight excluding hydrogens is 414 g/mol. The number of carbonyl (C=O) groups is 1. The second-order valence-electron chi connectivity index (χ2n) is 8.88. The Hall–Kier alpha value is -2.94. The Kier molecular flexibility index (Phi) is 5.36. The highest BCUT2D eigenvalue weighted by Crippen LogP contribution is 2.36. The molecule has 0 unspecified atom stereocenters. The van der Waals surface area contributed by atoms with Crippen LogP contribution in [0, 0.1) is 5.92 Å². The van der Waals surface area contributed by atoms with E-state index in [4.69, 9.17) is 0 Å². The van der Waals surface area contributed by atoms with Crippen LogP contribution in [-0.2, 0) is 18.4 Å². The zero-order valence-electron chi connectivity index (χ0n) is 18.0. The Morgan fingerprint density at radius 1 is 1.19 bits per heavy atom. The molecule has 168 valence electrons. The summed E-state index contributed by atoms with van der Waals surface area (Å²) in [5.74, 6) is -3.01. The van der Waals surface area contributed by atoms with E-state index in [0.717, 1.165) is 47.4 Å². The quantitative estimate of drug-likeness (QED) is 0.649. The van der Waals surface area contributed by atoms with Gasteiger partial charge in [-0.1, -0.05) is 6.07 Å². The van der Waals surface area contributed by atoms with Crippen LogP contribution < -0.4 is 5.32 Å². The van der Waals surface area contributed by atoms with E-state index in [2.05, 4.69) is 25.5 Å². The summed E-state index contributed by atoms with van der Waals surface area (Å²) in [5.41, 5.74) is 3.98. The Morgan fingerprint density at radius 2 is 1.97 bits per heavy atom. The van der Waals surface area contributed by atoms with Gasteiger partial charge < -0.3 is 5.32 Å². The van der Waals surface area contributed by atoms with E-state index in [-0.39, 0.29) is 31.6 Å². The molecule has 1 saturated heterocycles. The number of nitrogens with zero attached hydrogens (tertiary/aromatic N) is 5. The summed E-state index contributed by atoms with van der Waals surface area (Å²) in [5, 5.41) is 16.4. The zero-order valence-corrected chi connectivity index (χ0v) is 18.0. The molecule has 7 nitrogen and oxygen atoms in total. The molecule has 3 aromatic rings. The van der Waals surface area contributed by atoms with E-state index < -0.39 is 11.8 Å². The van der Waals surface area contributed by atoms with Gasteiger partial charge in [0.1, 0.15) is 0 Å². The van der Waals surface area contributed by atoms with Crippen molar-refractivity contribution in [2.45, 2.75) is 44.6 Å². The van der Waals surface area contributed by atoms with Gasteiger partial charge >= 0.3 is 0 Å². The van der Waals surface area contributed by atoms with Crippen molar-refractivity contribution in [1.29, 1.82) is 0 Å². The topological polar surface area (TPSA) is 75.9 Å². The molecule has 2 fully saturated rings. The summed E-state index contributed by atoms with van der Waals surface area (Å²) in [6.45, 7) is 3.08. The largest absolute Gasteiger partial charge is 0.309 e. The first-order valence-corrected chi connectivity index (χ1v) is 11.1. The highest BCUT2D eigenvalue weighted by Gasteiger charge is 2.37. The molecule has 0 atom stereocenters. The third-order valence-corrected chi connectivity index (χ3v) is 6.62. The number of benzene rings is 1. The van der Waals surface area contributed by atoms with Crippen molar-refractivity contribution in [2.75, 3.05) is 18.4 Å². The summed E-state index contributed by atoms with van der Waals surface area (Å²) in [7, 11) is 1.96. The minimum absolute atomic E-state index is 0.185. The monoisotopic (exact) mass is 440 g/mol. The lowest BCUT2D eigenvalue weighted by atomic mass is 9.86. The zero-order chi connectivity index (χ0) is 22.3. The van der Waals surface area contributed by atoms with Crippen molar-refractivity contribution in [1.82, 2.24) is 24.9 Å². The summed E-state index contributed by atoms with van der Waals surface area (Å²) in [6.07, 6.45) is 2.99. The lowest BCUT2D eigenvalue weighted by Gasteiger charge is -2.30. The van der Waals surface area contributed by atoms with E-state index in [0.29, 0.717) is 5.82 Å². The van der Waals surface area contributed by atoms with E-state index >= 15 is 0 Å². The number of aromatic nitrogens is 4. The molecule has 1 amide bonds. The standard InChI is InChI=1S/C23H26F2N6O/c1-30-20(14-31-9-2-10-31)18(13-26-30)16-3-4-19-17(11-16)12-21(29-28-19)27-22(32)15-5-7-23(24,25)8-6-15/h3-4,11-13,15H,2,5-10,14H2,1H3,(H,27,29,32). The van der Waals surface area contributed by atoms with Crippen molar-refractivity contribution < 1.29 is 13.6 Å².